The van der Waals surface area contributed by atoms with Crippen LogP contribution in [0.1, 0.15) is 0 Å². The molecule has 0 radical (unpaired) electrons. The highest BCUT2D eigenvalue weighted by molar-refractivity contribution is 6.20. The molecule has 1 heterocycles. The Morgan fingerprint density at radius 1 is 0.270 bits per heavy atom. The third-order valence-electron chi connectivity index (χ3n) is 12.2. The highest BCUT2D eigenvalue weighted by atomic mass is 15.1. The zero-order valence-corrected chi connectivity index (χ0v) is 34.2. The summed E-state index contributed by atoms with van der Waals surface area (Å²) in [7, 11) is 0. The van der Waals surface area contributed by atoms with Gasteiger partial charge in [0.15, 0.2) is 17.5 Å². The summed E-state index contributed by atoms with van der Waals surface area (Å²) in [5, 5.41) is 4.73. The van der Waals surface area contributed by atoms with Crippen LogP contribution < -0.4 is 4.90 Å². The van der Waals surface area contributed by atoms with Crippen molar-refractivity contribution in [3.8, 4) is 78.7 Å². The maximum atomic E-state index is 5.16. The van der Waals surface area contributed by atoms with Crippen molar-refractivity contribution in [1.29, 1.82) is 0 Å². The predicted molar refractivity (Wildman–Crippen MR) is 261 cm³/mol. The van der Waals surface area contributed by atoms with Gasteiger partial charge < -0.3 is 4.90 Å². The van der Waals surface area contributed by atoms with Crippen molar-refractivity contribution in [1.82, 2.24) is 15.0 Å². The fourth-order valence-corrected chi connectivity index (χ4v) is 9.36. The number of fused-ring (bicyclic) bond motifs is 4. The van der Waals surface area contributed by atoms with E-state index in [0.717, 1.165) is 50.1 Å². The summed E-state index contributed by atoms with van der Waals surface area (Å²) < 4.78 is 0. The first-order valence-electron chi connectivity index (χ1n) is 21.4. The molecule has 0 saturated carbocycles. The van der Waals surface area contributed by atoms with Crippen molar-refractivity contribution in [3.63, 3.8) is 0 Å². The van der Waals surface area contributed by atoms with E-state index in [-0.39, 0.29) is 0 Å². The summed E-state index contributed by atoms with van der Waals surface area (Å²) in [5.41, 5.74) is 15.7. The number of rotatable bonds is 8. The van der Waals surface area contributed by atoms with Crippen LogP contribution in [0.5, 0.6) is 0 Å². The van der Waals surface area contributed by atoms with Crippen LogP contribution in [-0.2, 0) is 0 Å². The van der Waals surface area contributed by atoms with Gasteiger partial charge in [-0.15, -0.1) is 0 Å². The second-order valence-electron chi connectivity index (χ2n) is 16.0. The molecule has 0 amide bonds. The van der Waals surface area contributed by atoms with E-state index in [0.29, 0.717) is 17.5 Å². The highest BCUT2D eigenvalue weighted by Crippen LogP contribution is 2.54. The summed E-state index contributed by atoms with van der Waals surface area (Å²) in [4.78, 5) is 17.7. The first-order valence-corrected chi connectivity index (χ1v) is 21.4. The minimum Gasteiger partial charge on any atom is -0.310 e. The zero-order chi connectivity index (χ0) is 41.7. The minimum absolute atomic E-state index is 0.635. The molecular formula is C59H38N4. The Hall–Kier alpha value is -8.47. The van der Waals surface area contributed by atoms with E-state index in [4.69, 9.17) is 15.0 Å². The molecular weight excluding hydrogens is 765 g/mol. The van der Waals surface area contributed by atoms with Crippen LogP contribution in [0.4, 0.5) is 17.1 Å². The zero-order valence-electron chi connectivity index (χ0n) is 34.2. The lowest BCUT2D eigenvalue weighted by Crippen LogP contribution is -2.10. The first-order chi connectivity index (χ1) is 31.2. The molecule has 63 heavy (non-hydrogen) atoms. The second kappa shape index (κ2) is 15.2. The van der Waals surface area contributed by atoms with Crippen molar-refractivity contribution in [2.75, 3.05) is 4.90 Å². The molecule has 4 nitrogen and oxygen atoms in total. The van der Waals surface area contributed by atoms with Gasteiger partial charge in [-0.1, -0.05) is 188 Å². The van der Waals surface area contributed by atoms with Gasteiger partial charge in [0.2, 0.25) is 0 Å². The lowest BCUT2D eigenvalue weighted by atomic mass is 9.88. The molecule has 0 unspecified atom stereocenters. The Morgan fingerprint density at radius 2 is 0.730 bits per heavy atom. The summed E-state index contributed by atoms with van der Waals surface area (Å²) in [6, 6.07) is 81.9. The molecule has 0 aliphatic heterocycles. The molecule has 294 valence electrons. The molecule has 12 rings (SSSR count). The molecule has 0 bridgehead atoms. The van der Waals surface area contributed by atoms with Gasteiger partial charge in [-0.2, -0.15) is 0 Å². The Balaban J connectivity index is 1.09. The third-order valence-corrected chi connectivity index (χ3v) is 12.2. The van der Waals surface area contributed by atoms with Crippen molar-refractivity contribution in [2.45, 2.75) is 0 Å². The van der Waals surface area contributed by atoms with Crippen LogP contribution in [-0.4, -0.2) is 15.0 Å². The maximum Gasteiger partial charge on any atom is 0.164 e. The topological polar surface area (TPSA) is 41.9 Å². The first kappa shape index (κ1) is 36.4. The molecule has 0 N–H and O–H groups in total. The fourth-order valence-electron chi connectivity index (χ4n) is 9.36. The third kappa shape index (κ3) is 6.36. The summed E-state index contributed by atoms with van der Waals surface area (Å²) in [5.74, 6) is 1.92. The number of benzene rings is 10. The molecule has 1 aliphatic rings. The molecule has 0 fully saturated rings. The molecule has 11 aromatic rings. The number of nitrogens with zero attached hydrogens (tertiary/aromatic N) is 4. The molecule has 1 aromatic heterocycles. The van der Waals surface area contributed by atoms with Gasteiger partial charge in [0.05, 0.1) is 0 Å². The SMILES string of the molecule is c1ccc(-c2ccc(N(c3ccccc3)c3cc(-c4ccc(-c5nc(-c6ccccc6)nc(-c6ccccc6)n5)c5ccccc45)c4c(c3)-c3cccc5cccc-4c35)cc2)cc1. The summed E-state index contributed by atoms with van der Waals surface area (Å²) >= 11 is 0. The smallest absolute Gasteiger partial charge is 0.164 e. The normalized spacial score (nSPS) is 11.5. The predicted octanol–water partition coefficient (Wildman–Crippen LogP) is 15.6. The van der Waals surface area contributed by atoms with Gasteiger partial charge in [0.1, 0.15) is 0 Å². The van der Waals surface area contributed by atoms with Crippen molar-refractivity contribution in [2.24, 2.45) is 0 Å². The Bertz CT molecular complexity index is 3420. The number of aromatic nitrogens is 3. The van der Waals surface area contributed by atoms with E-state index in [1.807, 2.05) is 36.4 Å². The molecule has 0 saturated heterocycles. The summed E-state index contributed by atoms with van der Waals surface area (Å²) in [6.45, 7) is 0. The Kier molecular flexibility index (Phi) is 8.79. The van der Waals surface area contributed by atoms with Crippen molar-refractivity contribution < 1.29 is 0 Å². The summed E-state index contributed by atoms with van der Waals surface area (Å²) in [6.07, 6.45) is 0. The fraction of sp³-hybridized carbons (Fsp3) is 0. The Morgan fingerprint density at radius 3 is 1.35 bits per heavy atom. The van der Waals surface area contributed by atoms with Gasteiger partial charge in [-0.3, -0.25) is 0 Å². The van der Waals surface area contributed by atoms with E-state index in [1.54, 1.807) is 0 Å². The molecule has 0 atom stereocenters. The van der Waals surface area contributed by atoms with Crippen molar-refractivity contribution >= 4 is 38.6 Å². The number of hydrogen-bond donors (Lipinski definition) is 0. The lowest BCUT2D eigenvalue weighted by molar-refractivity contribution is 1.08. The minimum atomic E-state index is 0.635. The molecule has 4 heteroatoms. The molecule has 1 aliphatic carbocycles. The van der Waals surface area contributed by atoms with E-state index < -0.39 is 0 Å². The standard InChI is InChI=1S/C59H38N4/c1-5-17-39(18-6-1)40-31-33-45(34-32-40)63(44-25-11-4-12-26-44)46-37-53(56-52-30-16-24-41-23-15-29-50(55(41)52)54(56)38-46)49-35-36-51(48-28-14-13-27-47(48)49)59-61-57(42-19-7-2-8-20-42)60-58(62-59)43-21-9-3-10-22-43/h1-38H. The number of para-hydroxylation sites is 1. The van der Waals surface area contributed by atoms with Crippen LogP contribution >= 0.6 is 0 Å². The average Bonchev–Trinajstić information content (AvgIpc) is 3.69. The average molecular weight is 803 g/mol. The van der Waals surface area contributed by atoms with E-state index in [9.17, 15) is 0 Å². The van der Waals surface area contributed by atoms with E-state index >= 15 is 0 Å². The van der Waals surface area contributed by atoms with E-state index in [1.165, 1.54) is 49.7 Å². The van der Waals surface area contributed by atoms with Crippen LogP contribution in [0, 0.1) is 0 Å². The molecule has 10 aromatic carbocycles. The van der Waals surface area contributed by atoms with Crippen LogP contribution in [0.15, 0.2) is 231 Å². The second-order valence-corrected chi connectivity index (χ2v) is 16.0. The highest BCUT2D eigenvalue weighted by Gasteiger charge is 2.28. The quantitative estimate of drug-likeness (QED) is 0.153. The van der Waals surface area contributed by atoms with Gasteiger partial charge in [0, 0.05) is 33.8 Å². The van der Waals surface area contributed by atoms with Gasteiger partial charge in [0.25, 0.3) is 0 Å². The monoisotopic (exact) mass is 802 g/mol. The lowest BCUT2D eigenvalue weighted by Gasteiger charge is -2.28. The van der Waals surface area contributed by atoms with E-state index in [2.05, 4.69) is 199 Å². The number of hydrogen-bond acceptors (Lipinski definition) is 4. The van der Waals surface area contributed by atoms with Gasteiger partial charge in [-0.25, -0.2) is 15.0 Å². The molecule has 0 spiro atoms. The van der Waals surface area contributed by atoms with Gasteiger partial charge in [-0.05, 0) is 109 Å². The van der Waals surface area contributed by atoms with Crippen molar-refractivity contribution in [3.05, 3.63) is 231 Å². The maximum absolute atomic E-state index is 5.16. The largest absolute Gasteiger partial charge is 0.310 e. The number of anilines is 3. The Labute approximate surface area is 366 Å². The van der Waals surface area contributed by atoms with Crippen LogP contribution in [0.25, 0.3) is 100 Å². The van der Waals surface area contributed by atoms with Gasteiger partial charge >= 0.3 is 0 Å². The van der Waals surface area contributed by atoms with Crippen LogP contribution in [0.2, 0.25) is 0 Å². The van der Waals surface area contributed by atoms with Crippen LogP contribution in [0.3, 0.4) is 0 Å².